The standard InChI is InChI=1S/C30H24O3/c1-19-10-12-20(13-11-19)21-14-15-26-27(18-21)28(22-6-4-8-24(16-22)32-2)29(30(26)31)23-7-5-9-25(17-23)33-3/h4-18H,1-3H3. The van der Waals surface area contributed by atoms with Crippen LogP contribution in [0.4, 0.5) is 0 Å². The number of methoxy groups -OCH3 is 2. The predicted octanol–water partition coefficient (Wildman–Crippen LogP) is 6.83. The van der Waals surface area contributed by atoms with Crippen molar-refractivity contribution < 1.29 is 14.3 Å². The first kappa shape index (κ1) is 20.8. The third-order valence-corrected chi connectivity index (χ3v) is 6.11. The largest absolute Gasteiger partial charge is 0.497 e. The second-order valence-electron chi connectivity index (χ2n) is 8.17. The maximum Gasteiger partial charge on any atom is 0.194 e. The van der Waals surface area contributed by atoms with E-state index >= 15 is 0 Å². The molecule has 0 heterocycles. The van der Waals surface area contributed by atoms with Gasteiger partial charge in [0.05, 0.1) is 14.2 Å². The van der Waals surface area contributed by atoms with Gasteiger partial charge in [0.15, 0.2) is 5.78 Å². The number of benzene rings is 4. The predicted molar refractivity (Wildman–Crippen MR) is 133 cm³/mol. The first-order valence-corrected chi connectivity index (χ1v) is 10.9. The lowest BCUT2D eigenvalue weighted by molar-refractivity contribution is 0.105. The third kappa shape index (κ3) is 3.72. The number of carbonyl (C=O) groups is 1. The summed E-state index contributed by atoms with van der Waals surface area (Å²) in [5, 5.41) is 0. The first-order chi connectivity index (χ1) is 16.1. The molecule has 0 unspecified atom stereocenters. The minimum atomic E-state index is 0.0199. The number of hydrogen-bond acceptors (Lipinski definition) is 3. The van der Waals surface area contributed by atoms with Crippen molar-refractivity contribution in [2.45, 2.75) is 6.92 Å². The molecular formula is C30H24O3. The molecule has 0 fully saturated rings. The zero-order chi connectivity index (χ0) is 22.9. The number of ether oxygens (including phenoxy) is 2. The van der Waals surface area contributed by atoms with Gasteiger partial charge in [0, 0.05) is 16.7 Å². The van der Waals surface area contributed by atoms with E-state index in [0.717, 1.165) is 39.1 Å². The van der Waals surface area contributed by atoms with Crippen molar-refractivity contribution in [2.75, 3.05) is 14.2 Å². The Bertz CT molecular complexity index is 1390. The van der Waals surface area contributed by atoms with Crippen molar-refractivity contribution in [3.05, 3.63) is 119 Å². The second kappa shape index (κ2) is 8.44. The molecule has 162 valence electrons. The Morgan fingerprint density at radius 2 is 1.12 bits per heavy atom. The van der Waals surface area contributed by atoms with Gasteiger partial charge < -0.3 is 9.47 Å². The number of rotatable bonds is 5. The van der Waals surface area contributed by atoms with E-state index in [1.807, 2.05) is 60.7 Å². The fourth-order valence-corrected chi connectivity index (χ4v) is 4.39. The van der Waals surface area contributed by atoms with Gasteiger partial charge in [0.25, 0.3) is 0 Å². The Kier molecular flexibility index (Phi) is 5.31. The maximum absolute atomic E-state index is 13.7. The van der Waals surface area contributed by atoms with Gasteiger partial charge >= 0.3 is 0 Å². The van der Waals surface area contributed by atoms with Crippen LogP contribution in [-0.2, 0) is 0 Å². The quantitative estimate of drug-likeness (QED) is 0.347. The molecule has 0 saturated carbocycles. The molecule has 4 aromatic carbocycles. The van der Waals surface area contributed by atoms with Crippen LogP contribution < -0.4 is 9.47 Å². The Morgan fingerprint density at radius 3 is 1.73 bits per heavy atom. The summed E-state index contributed by atoms with van der Waals surface area (Å²) in [6.07, 6.45) is 0. The number of aryl methyl sites for hydroxylation is 1. The number of fused-ring (bicyclic) bond motifs is 1. The molecule has 0 spiro atoms. The number of hydrogen-bond donors (Lipinski definition) is 0. The molecule has 0 bridgehead atoms. The molecule has 0 amide bonds. The third-order valence-electron chi connectivity index (χ3n) is 6.11. The smallest absolute Gasteiger partial charge is 0.194 e. The first-order valence-electron chi connectivity index (χ1n) is 10.9. The van der Waals surface area contributed by atoms with E-state index < -0.39 is 0 Å². The fourth-order valence-electron chi connectivity index (χ4n) is 4.39. The van der Waals surface area contributed by atoms with Crippen molar-refractivity contribution in [3.63, 3.8) is 0 Å². The van der Waals surface area contributed by atoms with Gasteiger partial charge in [0.2, 0.25) is 0 Å². The molecule has 0 atom stereocenters. The molecule has 3 nitrogen and oxygen atoms in total. The van der Waals surface area contributed by atoms with E-state index in [2.05, 4.69) is 37.3 Å². The Labute approximate surface area is 193 Å². The van der Waals surface area contributed by atoms with Gasteiger partial charge in [-0.05, 0) is 71.1 Å². The summed E-state index contributed by atoms with van der Waals surface area (Å²) in [5.41, 5.74) is 8.43. The number of ketones is 1. The fraction of sp³-hybridized carbons (Fsp3) is 0.100. The molecule has 0 N–H and O–H groups in total. The molecule has 0 saturated heterocycles. The summed E-state index contributed by atoms with van der Waals surface area (Å²) in [7, 11) is 3.29. The lowest BCUT2D eigenvalue weighted by Gasteiger charge is -2.12. The highest BCUT2D eigenvalue weighted by atomic mass is 16.5. The molecule has 5 rings (SSSR count). The highest BCUT2D eigenvalue weighted by Gasteiger charge is 2.32. The number of allylic oxidation sites excluding steroid dienone is 1. The topological polar surface area (TPSA) is 35.5 Å². The van der Waals surface area contributed by atoms with Crippen molar-refractivity contribution in [2.24, 2.45) is 0 Å². The Hall–Kier alpha value is -4.11. The average molecular weight is 433 g/mol. The Balaban J connectivity index is 1.76. The molecule has 1 aliphatic carbocycles. The molecule has 3 heteroatoms. The van der Waals surface area contributed by atoms with Crippen LogP contribution in [0.1, 0.15) is 32.6 Å². The SMILES string of the molecule is COc1cccc(C2=C(c3cccc(OC)c3)c3cc(-c4ccc(C)cc4)ccc3C2=O)c1. The lowest BCUT2D eigenvalue weighted by atomic mass is 9.92. The minimum Gasteiger partial charge on any atom is -0.497 e. The Morgan fingerprint density at radius 1 is 0.545 bits per heavy atom. The van der Waals surface area contributed by atoms with Crippen molar-refractivity contribution in [1.82, 2.24) is 0 Å². The molecule has 0 aliphatic heterocycles. The summed E-state index contributed by atoms with van der Waals surface area (Å²) in [6, 6.07) is 30.1. The molecule has 1 aliphatic rings. The normalized spacial score (nSPS) is 12.6. The molecule has 0 aromatic heterocycles. The van der Waals surface area contributed by atoms with Crippen LogP contribution in [-0.4, -0.2) is 20.0 Å². The zero-order valence-corrected chi connectivity index (χ0v) is 18.9. The van der Waals surface area contributed by atoms with Gasteiger partial charge in [-0.2, -0.15) is 0 Å². The van der Waals surface area contributed by atoms with Crippen LogP contribution in [0, 0.1) is 6.92 Å². The second-order valence-corrected chi connectivity index (χ2v) is 8.17. The number of carbonyl (C=O) groups excluding carboxylic acids is 1. The van der Waals surface area contributed by atoms with E-state index in [-0.39, 0.29) is 5.78 Å². The number of Topliss-reactive ketones (excluding diaryl/α,β-unsaturated/α-hetero) is 1. The zero-order valence-electron chi connectivity index (χ0n) is 18.9. The van der Waals surface area contributed by atoms with E-state index in [4.69, 9.17) is 9.47 Å². The molecule has 0 radical (unpaired) electrons. The average Bonchev–Trinajstić information content (AvgIpc) is 3.16. The monoisotopic (exact) mass is 432 g/mol. The van der Waals surface area contributed by atoms with Gasteiger partial charge in [-0.3, -0.25) is 4.79 Å². The summed E-state index contributed by atoms with van der Waals surface area (Å²) >= 11 is 0. The molecule has 33 heavy (non-hydrogen) atoms. The van der Waals surface area contributed by atoms with Crippen molar-refractivity contribution in [1.29, 1.82) is 0 Å². The van der Waals surface area contributed by atoms with Crippen LogP contribution in [0.3, 0.4) is 0 Å². The summed E-state index contributed by atoms with van der Waals surface area (Å²) in [6.45, 7) is 2.08. The van der Waals surface area contributed by atoms with E-state index in [1.54, 1.807) is 14.2 Å². The summed E-state index contributed by atoms with van der Waals surface area (Å²) in [5.74, 6) is 1.49. The highest BCUT2D eigenvalue weighted by Crippen LogP contribution is 2.44. The maximum atomic E-state index is 13.7. The van der Waals surface area contributed by atoms with Gasteiger partial charge in [-0.1, -0.05) is 60.2 Å². The van der Waals surface area contributed by atoms with Crippen LogP contribution in [0.25, 0.3) is 22.3 Å². The van der Waals surface area contributed by atoms with Crippen LogP contribution >= 0.6 is 0 Å². The highest BCUT2D eigenvalue weighted by molar-refractivity contribution is 6.41. The van der Waals surface area contributed by atoms with E-state index in [9.17, 15) is 4.79 Å². The van der Waals surface area contributed by atoms with Crippen LogP contribution in [0.15, 0.2) is 91.0 Å². The van der Waals surface area contributed by atoms with Crippen LogP contribution in [0.5, 0.6) is 11.5 Å². The molecule has 4 aromatic rings. The van der Waals surface area contributed by atoms with E-state index in [1.165, 1.54) is 5.56 Å². The van der Waals surface area contributed by atoms with Gasteiger partial charge in [-0.25, -0.2) is 0 Å². The minimum absolute atomic E-state index is 0.0199. The van der Waals surface area contributed by atoms with Gasteiger partial charge in [0.1, 0.15) is 11.5 Å². The van der Waals surface area contributed by atoms with Crippen molar-refractivity contribution >= 4 is 16.9 Å². The van der Waals surface area contributed by atoms with Crippen molar-refractivity contribution in [3.8, 4) is 22.6 Å². The molecular weight excluding hydrogens is 408 g/mol. The lowest BCUT2D eigenvalue weighted by Crippen LogP contribution is -1.99. The van der Waals surface area contributed by atoms with E-state index in [0.29, 0.717) is 16.9 Å². The van der Waals surface area contributed by atoms with Gasteiger partial charge in [-0.15, -0.1) is 0 Å². The van der Waals surface area contributed by atoms with Crippen LogP contribution in [0.2, 0.25) is 0 Å². The summed E-state index contributed by atoms with van der Waals surface area (Å²) in [4.78, 5) is 13.7. The summed E-state index contributed by atoms with van der Waals surface area (Å²) < 4.78 is 10.9.